The molecule has 0 aliphatic carbocycles. The molecule has 0 aromatic heterocycles. The van der Waals surface area contributed by atoms with Crippen LogP contribution in [0.3, 0.4) is 0 Å². The third-order valence-electron chi connectivity index (χ3n) is 3.26. The smallest absolute Gasteiger partial charge is 0.325 e. The van der Waals surface area contributed by atoms with Gasteiger partial charge in [-0.2, -0.15) is 5.26 Å². The number of urea groups is 1. The molecule has 3 amide bonds. The summed E-state index contributed by atoms with van der Waals surface area (Å²) in [5.41, 5.74) is -0.748. The SMILES string of the molecule is N#CCCCN1C(=O)NC2(CCOCC2)C1=O. The standard InChI is InChI=1S/C11H15N3O3/c12-5-1-2-6-14-9(15)11(13-10(14)16)3-7-17-8-4-11/h1-4,6-8H2,(H,13,16). The molecule has 2 saturated heterocycles. The summed E-state index contributed by atoms with van der Waals surface area (Å²) in [4.78, 5) is 25.1. The Kier molecular flexibility index (Phi) is 3.29. The van der Waals surface area contributed by atoms with Gasteiger partial charge in [0.25, 0.3) is 5.91 Å². The number of unbranched alkanes of at least 4 members (excludes halogenated alkanes) is 1. The van der Waals surface area contributed by atoms with Crippen LogP contribution in [0.4, 0.5) is 4.79 Å². The highest BCUT2D eigenvalue weighted by atomic mass is 16.5. The Hall–Kier alpha value is -1.61. The lowest BCUT2D eigenvalue weighted by atomic mass is 9.90. The van der Waals surface area contributed by atoms with Crippen LogP contribution in [0.1, 0.15) is 25.7 Å². The number of nitriles is 1. The lowest BCUT2D eigenvalue weighted by Gasteiger charge is -2.30. The molecule has 0 aromatic rings. The molecule has 1 spiro atoms. The molecule has 2 aliphatic heterocycles. The van der Waals surface area contributed by atoms with Crippen LogP contribution in [0, 0.1) is 11.3 Å². The number of rotatable bonds is 3. The molecule has 0 atom stereocenters. The van der Waals surface area contributed by atoms with Gasteiger partial charge >= 0.3 is 6.03 Å². The fourth-order valence-corrected chi connectivity index (χ4v) is 2.25. The third kappa shape index (κ3) is 2.11. The molecule has 0 saturated carbocycles. The van der Waals surface area contributed by atoms with E-state index in [2.05, 4.69) is 5.32 Å². The summed E-state index contributed by atoms with van der Waals surface area (Å²) in [5.74, 6) is -0.163. The van der Waals surface area contributed by atoms with Crippen molar-refractivity contribution in [3.8, 4) is 6.07 Å². The Bertz CT molecular complexity index is 369. The first-order chi connectivity index (χ1) is 8.19. The first-order valence-electron chi connectivity index (χ1n) is 5.78. The highest BCUT2D eigenvalue weighted by molar-refractivity contribution is 6.07. The molecule has 2 rings (SSSR count). The van der Waals surface area contributed by atoms with Gasteiger partial charge in [-0.15, -0.1) is 0 Å². The molecular weight excluding hydrogens is 222 g/mol. The second kappa shape index (κ2) is 4.72. The molecular formula is C11H15N3O3. The Morgan fingerprint density at radius 2 is 2.12 bits per heavy atom. The van der Waals surface area contributed by atoms with Gasteiger partial charge in [0.2, 0.25) is 0 Å². The normalized spacial score (nSPS) is 22.6. The number of amides is 3. The maximum Gasteiger partial charge on any atom is 0.325 e. The Morgan fingerprint density at radius 1 is 1.41 bits per heavy atom. The van der Waals surface area contributed by atoms with Gasteiger partial charge in [0.15, 0.2) is 0 Å². The predicted octanol–water partition coefficient (Wildman–Crippen LogP) is 0.391. The lowest BCUT2D eigenvalue weighted by molar-refractivity contribution is -0.134. The summed E-state index contributed by atoms with van der Waals surface area (Å²) in [7, 11) is 0. The molecule has 17 heavy (non-hydrogen) atoms. The van der Waals surface area contributed by atoms with E-state index in [0.29, 0.717) is 45.4 Å². The molecule has 6 heteroatoms. The van der Waals surface area contributed by atoms with E-state index in [1.807, 2.05) is 6.07 Å². The van der Waals surface area contributed by atoms with Crippen LogP contribution in [0.15, 0.2) is 0 Å². The van der Waals surface area contributed by atoms with Crippen molar-refractivity contribution in [2.45, 2.75) is 31.2 Å². The molecule has 2 fully saturated rings. The Morgan fingerprint density at radius 3 is 2.76 bits per heavy atom. The largest absolute Gasteiger partial charge is 0.381 e. The van der Waals surface area contributed by atoms with Crippen LogP contribution in [0.2, 0.25) is 0 Å². The van der Waals surface area contributed by atoms with Gasteiger partial charge in [0.05, 0.1) is 6.07 Å². The number of nitrogens with one attached hydrogen (secondary N) is 1. The summed E-state index contributed by atoms with van der Waals surface area (Å²) in [6.07, 6.45) is 1.95. The summed E-state index contributed by atoms with van der Waals surface area (Å²) >= 11 is 0. The van der Waals surface area contributed by atoms with E-state index < -0.39 is 5.54 Å². The number of imide groups is 1. The van der Waals surface area contributed by atoms with Gasteiger partial charge in [0, 0.05) is 39.0 Å². The third-order valence-corrected chi connectivity index (χ3v) is 3.26. The minimum Gasteiger partial charge on any atom is -0.381 e. The Balaban J connectivity index is 2.03. The van der Waals surface area contributed by atoms with Crippen molar-refractivity contribution >= 4 is 11.9 Å². The number of hydrogen-bond donors (Lipinski definition) is 1. The van der Waals surface area contributed by atoms with Crippen LogP contribution in [-0.4, -0.2) is 42.1 Å². The van der Waals surface area contributed by atoms with Crippen molar-refractivity contribution in [3.05, 3.63) is 0 Å². The quantitative estimate of drug-likeness (QED) is 0.568. The Labute approximate surface area is 99.5 Å². The number of ether oxygens (including phenoxy) is 1. The van der Waals surface area contributed by atoms with E-state index in [1.165, 1.54) is 4.90 Å². The lowest BCUT2D eigenvalue weighted by Crippen LogP contribution is -2.51. The first kappa shape index (κ1) is 11.9. The molecule has 0 unspecified atom stereocenters. The molecule has 0 radical (unpaired) electrons. The summed E-state index contributed by atoms with van der Waals surface area (Å²) in [6, 6.07) is 1.66. The van der Waals surface area contributed by atoms with Gasteiger partial charge in [-0.05, 0) is 6.42 Å². The maximum absolute atomic E-state index is 12.2. The van der Waals surface area contributed by atoms with Crippen LogP contribution in [0.5, 0.6) is 0 Å². The van der Waals surface area contributed by atoms with Crippen LogP contribution in [-0.2, 0) is 9.53 Å². The number of hydrogen-bond acceptors (Lipinski definition) is 4. The number of carbonyl (C=O) groups excluding carboxylic acids is 2. The van der Waals surface area contributed by atoms with E-state index in [0.717, 1.165) is 0 Å². The van der Waals surface area contributed by atoms with Crippen LogP contribution < -0.4 is 5.32 Å². The maximum atomic E-state index is 12.2. The van der Waals surface area contributed by atoms with E-state index in [4.69, 9.17) is 10.00 Å². The molecule has 0 aromatic carbocycles. The molecule has 0 bridgehead atoms. The first-order valence-corrected chi connectivity index (χ1v) is 5.78. The molecule has 6 nitrogen and oxygen atoms in total. The van der Waals surface area contributed by atoms with E-state index in [-0.39, 0.29) is 11.9 Å². The average molecular weight is 237 g/mol. The van der Waals surface area contributed by atoms with E-state index >= 15 is 0 Å². The summed E-state index contributed by atoms with van der Waals surface area (Å²) < 4.78 is 5.21. The number of nitrogens with zero attached hydrogens (tertiary/aromatic N) is 2. The van der Waals surface area contributed by atoms with Gasteiger partial charge in [-0.1, -0.05) is 0 Å². The zero-order valence-corrected chi connectivity index (χ0v) is 9.57. The fraction of sp³-hybridized carbons (Fsp3) is 0.727. The molecule has 2 heterocycles. The highest BCUT2D eigenvalue weighted by Crippen LogP contribution is 2.28. The van der Waals surface area contributed by atoms with Crippen molar-refractivity contribution in [1.29, 1.82) is 5.26 Å². The van der Waals surface area contributed by atoms with Gasteiger partial charge in [-0.25, -0.2) is 4.79 Å². The minimum absolute atomic E-state index is 0.163. The zero-order chi connectivity index (χ0) is 12.3. The monoisotopic (exact) mass is 237 g/mol. The number of carbonyl (C=O) groups is 2. The highest BCUT2D eigenvalue weighted by Gasteiger charge is 2.51. The summed E-state index contributed by atoms with van der Waals surface area (Å²) in [6.45, 7) is 1.32. The topological polar surface area (TPSA) is 82.4 Å². The van der Waals surface area contributed by atoms with E-state index in [9.17, 15) is 9.59 Å². The average Bonchev–Trinajstić information content (AvgIpc) is 2.55. The second-order valence-corrected chi connectivity index (χ2v) is 4.34. The van der Waals surface area contributed by atoms with Gasteiger partial charge in [-0.3, -0.25) is 9.69 Å². The molecule has 2 aliphatic rings. The summed E-state index contributed by atoms with van der Waals surface area (Å²) in [5, 5.41) is 11.2. The fourth-order valence-electron chi connectivity index (χ4n) is 2.25. The van der Waals surface area contributed by atoms with Crippen molar-refractivity contribution in [3.63, 3.8) is 0 Å². The zero-order valence-electron chi connectivity index (χ0n) is 9.57. The minimum atomic E-state index is -0.748. The van der Waals surface area contributed by atoms with E-state index in [1.54, 1.807) is 0 Å². The predicted molar refractivity (Wildman–Crippen MR) is 57.9 cm³/mol. The van der Waals surface area contributed by atoms with Crippen molar-refractivity contribution < 1.29 is 14.3 Å². The second-order valence-electron chi connectivity index (χ2n) is 4.34. The molecule has 92 valence electrons. The van der Waals surface area contributed by atoms with Crippen molar-refractivity contribution in [2.24, 2.45) is 0 Å². The van der Waals surface area contributed by atoms with Crippen molar-refractivity contribution in [2.75, 3.05) is 19.8 Å². The van der Waals surface area contributed by atoms with Crippen LogP contribution in [0.25, 0.3) is 0 Å². The van der Waals surface area contributed by atoms with Crippen molar-refractivity contribution in [1.82, 2.24) is 10.2 Å². The van der Waals surface area contributed by atoms with Gasteiger partial charge in [0.1, 0.15) is 5.54 Å². The van der Waals surface area contributed by atoms with Crippen LogP contribution >= 0.6 is 0 Å². The molecule has 1 N–H and O–H groups in total. The van der Waals surface area contributed by atoms with Gasteiger partial charge < -0.3 is 10.1 Å².